The van der Waals surface area contributed by atoms with Crippen LogP contribution in [0.1, 0.15) is 25.0 Å². The number of hydrogen-bond acceptors (Lipinski definition) is 2. The summed E-state index contributed by atoms with van der Waals surface area (Å²) in [4.78, 5) is 0.0880. The number of hydrogen-bond donors (Lipinski definition) is 1. The van der Waals surface area contributed by atoms with Crippen molar-refractivity contribution in [1.29, 1.82) is 0 Å². The lowest BCUT2D eigenvalue weighted by Crippen LogP contribution is -2.06. The first-order valence-electron chi connectivity index (χ1n) is 4.59. The SMILES string of the molecule is CCc1cccc(CC)c1S(=O)(=O)O. The minimum atomic E-state index is -4.09. The summed E-state index contributed by atoms with van der Waals surface area (Å²) < 4.78 is 31.4. The van der Waals surface area contributed by atoms with Crippen molar-refractivity contribution in [2.45, 2.75) is 31.6 Å². The molecule has 3 nitrogen and oxygen atoms in total. The second-order valence-electron chi connectivity index (χ2n) is 3.09. The topological polar surface area (TPSA) is 54.4 Å². The van der Waals surface area contributed by atoms with Gasteiger partial charge in [0, 0.05) is 0 Å². The van der Waals surface area contributed by atoms with Crippen LogP contribution in [-0.2, 0) is 23.0 Å². The van der Waals surface area contributed by atoms with Crippen molar-refractivity contribution in [3.05, 3.63) is 29.3 Å². The molecule has 0 amide bonds. The molecule has 1 aromatic carbocycles. The highest BCUT2D eigenvalue weighted by atomic mass is 32.2. The predicted molar refractivity (Wildman–Crippen MR) is 55.0 cm³/mol. The molecule has 1 rings (SSSR count). The summed E-state index contributed by atoms with van der Waals surface area (Å²) in [7, 11) is -4.09. The van der Waals surface area contributed by atoms with E-state index in [2.05, 4.69) is 0 Å². The van der Waals surface area contributed by atoms with Crippen LogP contribution in [0.15, 0.2) is 23.1 Å². The first-order chi connectivity index (χ1) is 6.50. The molecule has 0 saturated heterocycles. The first kappa shape index (κ1) is 11.2. The molecule has 0 aliphatic carbocycles. The highest BCUT2D eigenvalue weighted by Gasteiger charge is 2.17. The third kappa shape index (κ3) is 2.13. The zero-order chi connectivity index (χ0) is 10.8. The van der Waals surface area contributed by atoms with E-state index in [0.717, 1.165) is 0 Å². The van der Waals surface area contributed by atoms with E-state index in [4.69, 9.17) is 4.55 Å². The van der Waals surface area contributed by atoms with E-state index in [-0.39, 0.29) is 4.90 Å². The van der Waals surface area contributed by atoms with Gasteiger partial charge in [0.25, 0.3) is 10.1 Å². The van der Waals surface area contributed by atoms with Crippen LogP contribution >= 0.6 is 0 Å². The summed E-state index contributed by atoms with van der Waals surface area (Å²) in [5.41, 5.74) is 1.35. The standard InChI is InChI=1S/C10H14O3S/c1-3-8-6-5-7-9(4-2)10(8)14(11,12)13/h5-7H,3-4H2,1-2H3,(H,11,12,13). The Morgan fingerprint density at radius 1 is 1.14 bits per heavy atom. The Bertz CT molecular complexity index is 399. The van der Waals surface area contributed by atoms with Crippen molar-refractivity contribution in [2.75, 3.05) is 0 Å². The molecule has 0 fully saturated rings. The van der Waals surface area contributed by atoms with Gasteiger partial charge in [-0.25, -0.2) is 0 Å². The molecule has 0 radical (unpaired) electrons. The lowest BCUT2D eigenvalue weighted by molar-refractivity contribution is 0.481. The summed E-state index contributed by atoms with van der Waals surface area (Å²) in [5, 5.41) is 0. The molecular weight excluding hydrogens is 200 g/mol. The monoisotopic (exact) mass is 214 g/mol. The summed E-state index contributed by atoms with van der Waals surface area (Å²) >= 11 is 0. The number of aryl methyl sites for hydroxylation is 2. The number of benzene rings is 1. The summed E-state index contributed by atoms with van der Waals surface area (Å²) in [6.45, 7) is 3.73. The van der Waals surface area contributed by atoms with Crippen molar-refractivity contribution >= 4 is 10.1 Å². The Balaban J connectivity index is 3.50. The van der Waals surface area contributed by atoms with Crippen LogP contribution in [0.4, 0.5) is 0 Å². The second-order valence-corrected chi connectivity index (χ2v) is 4.45. The molecular formula is C10H14O3S. The van der Waals surface area contributed by atoms with Gasteiger partial charge < -0.3 is 0 Å². The van der Waals surface area contributed by atoms with E-state index >= 15 is 0 Å². The molecule has 0 spiro atoms. The smallest absolute Gasteiger partial charge is 0.282 e. The van der Waals surface area contributed by atoms with E-state index in [1.807, 2.05) is 19.9 Å². The van der Waals surface area contributed by atoms with Gasteiger partial charge in [-0.3, -0.25) is 4.55 Å². The zero-order valence-electron chi connectivity index (χ0n) is 8.32. The third-order valence-corrected chi connectivity index (χ3v) is 3.24. The van der Waals surface area contributed by atoms with Crippen LogP contribution in [0.5, 0.6) is 0 Å². The van der Waals surface area contributed by atoms with Crippen LogP contribution in [0.25, 0.3) is 0 Å². The van der Waals surface area contributed by atoms with Crippen LogP contribution in [0.3, 0.4) is 0 Å². The molecule has 0 bridgehead atoms. The van der Waals surface area contributed by atoms with Gasteiger partial charge >= 0.3 is 0 Å². The highest BCUT2D eigenvalue weighted by Crippen LogP contribution is 2.21. The Kier molecular flexibility index (Phi) is 3.29. The summed E-state index contributed by atoms with van der Waals surface area (Å²) in [6.07, 6.45) is 1.20. The van der Waals surface area contributed by atoms with E-state index in [0.29, 0.717) is 24.0 Å². The van der Waals surface area contributed by atoms with E-state index < -0.39 is 10.1 Å². The number of rotatable bonds is 3. The van der Waals surface area contributed by atoms with E-state index in [9.17, 15) is 8.42 Å². The lowest BCUT2D eigenvalue weighted by atomic mass is 10.1. The Hall–Kier alpha value is -0.870. The normalized spacial score (nSPS) is 11.6. The molecule has 0 saturated carbocycles. The maximum atomic E-state index is 11.1. The molecule has 14 heavy (non-hydrogen) atoms. The fourth-order valence-corrected chi connectivity index (χ4v) is 2.61. The van der Waals surface area contributed by atoms with Crippen LogP contribution in [0, 0.1) is 0 Å². The second kappa shape index (κ2) is 4.11. The van der Waals surface area contributed by atoms with Crippen molar-refractivity contribution < 1.29 is 13.0 Å². The van der Waals surface area contributed by atoms with Crippen molar-refractivity contribution in [3.63, 3.8) is 0 Å². The average Bonchev–Trinajstić information content (AvgIpc) is 2.15. The van der Waals surface area contributed by atoms with Crippen molar-refractivity contribution in [1.82, 2.24) is 0 Å². The quantitative estimate of drug-likeness (QED) is 0.783. The minimum absolute atomic E-state index is 0.0880. The van der Waals surface area contributed by atoms with Crippen LogP contribution in [0.2, 0.25) is 0 Å². The molecule has 1 aromatic rings. The van der Waals surface area contributed by atoms with Crippen LogP contribution in [-0.4, -0.2) is 13.0 Å². The zero-order valence-corrected chi connectivity index (χ0v) is 9.13. The molecule has 78 valence electrons. The molecule has 0 aromatic heterocycles. The molecule has 0 atom stereocenters. The molecule has 4 heteroatoms. The average molecular weight is 214 g/mol. The van der Waals surface area contributed by atoms with Gasteiger partial charge in [0.2, 0.25) is 0 Å². The summed E-state index contributed by atoms with van der Waals surface area (Å²) in [5.74, 6) is 0. The van der Waals surface area contributed by atoms with Gasteiger partial charge in [-0.05, 0) is 24.0 Å². The minimum Gasteiger partial charge on any atom is -0.282 e. The van der Waals surface area contributed by atoms with Gasteiger partial charge in [0.15, 0.2) is 0 Å². The predicted octanol–water partition coefficient (Wildman–Crippen LogP) is 2.06. The molecule has 0 aliphatic rings. The molecule has 1 N–H and O–H groups in total. The van der Waals surface area contributed by atoms with E-state index in [1.165, 1.54) is 0 Å². The van der Waals surface area contributed by atoms with Crippen LogP contribution < -0.4 is 0 Å². The molecule has 0 aliphatic heterocycles. The third-order valence-electron chi connectivity index (χ3n) is 2.20. The Labute approximate surface area is 84.5 Å². The maximum Gasteiger partial charge on any atom is 0.295 e. The Morgan fingerprint density at radius 3 is 1.86 bits per heavy atom. The molecule has 0 heterocycles. The highest BCUT2D eigenvalue weighted by molar-refractivity contribution is 7.86. The largest absolute Gasteiger partial charge is 0.295 e. The van der Waals surface area contributed by atoms with Crippen molar-refractivity contribution in [3.8, 4) is 0 Å². The van der Waals surface area contributed by atoms with Gasteiger partial charge in [-0.2, -0.15) is 8.42 Å². The lowest BCUT2D eigenvalue weighted by Gasteiger charge is -2.09. The fourth-order valence-electron chi connectivity index (χ4n) is 1.53. The fraction of sp³-hybridized carbons (Fsp3) is 0.400. The van der Waals surface area contributed by atoms with Gasteiger partial charge in [-0.1, -0.05) is 32.0 Å². The van der Waals surface area contributed by atoms with Gasteiger partial charge in [0.1, 0.15) is 4.90 Å². The molecule has 0 unspecified atom stereocenters. The summed E-state index contributed by atoms with van der Waals surface area (Å²) in [6, 6.07) is 5.26. The van der Waals surface area contributed by atoms with Gasteiger partial charge in [0.05, 0.1) is 0 Å². The van der Waals surface area contributed by atoms with Gasteiger partial charge in [-0.15, -0.1) is 0 Å². The maximum absolute atomic E-state index is 11.1. The first-order valence-corrected chi connectivity index (χ1v) is 6.03. The van der Waals surface area contributed by atoms with E-state index in [1.54, 1.807) is 12.1 Å². The Morgan fingerprint density at radius 2 is 1.57 bits per heavy atom. The van der Waals surface area contributed by atoms with Crippen molar-refractivity contribution in [2.24, 2.45) is 0 Å².